The van der Waals surface area contributed by atoms with E-state index in [1.807, 2.05) is 43.5 Å². The van der Waals surface area contributed by atoms with E-state index in [2.05, 4.69) is 43.3 Å². The van der Waals surface area contributed by atoms with E-state index in [0.29, 0.717) is 11.0 Å². The van der Waals surface area contributed by atoms with Crippen molar-refractivity contribution < 1.29 is 4.79 Å². The Bertz CT molecular complexity index is 1330. The van der Waals surface area contributed by atoms with Gasteiger partial charge in [0.2, 0.25) is 5.91 Å². The Balaban J connectivity index is 1.24. The summed E-state index contributed by atoms with van der Waals surface area (Å²) in [6, 6.07) is 16.3. The van der Waals surface area contributed by atoms with Crippen LogP contribution in [-0.4, -0.2) is 31.4 Å². The number of hydrogen-bond acceptors (Lipinski definition) is 6. The third-order valence-corrected chi connectivity index (χ3v) is 8.64. The second kappa shape index (κ2) is 11.6. The van der Waals surface area contributed by atoms with Gasteiger partial charge in [-0.2, -0.15) is 0 Å². The molecule has 1 aliphatic carbocycles. The second-order valence-electron chi connectivity index (χ2n) is 9.08. The van der Waals surface area contributed by atoms with Crippen LogP contribution in [0.4, 0.5) is 5.13 Å². The highest BCUT2D eigenvalue weighted by Gasteiger charge is 2.24. The molecule has 4 aromatic rings. The van der Waals surface area contributed by atoms with Gasteiger partial charge < -0.3 is 5.32 Å². The molecule has 1 fully saturated rings. The molecule has 0 unspecified atom stereocenters. The molecule has 6 nitrogen and oxygen atoms in total. The number of aryl methyl sites for hydroxylation is 1. The first-order valence-corrected chi connectivity index (χ1v) is 14.4. The highest BCUT2D eigenvalue weighted by Crippen LogP contribution is 2.35. The first-order chi connectivity index (χ1) is 17.6. The Labute approximate surface area is 224 Å². The van der Waals surface area contributed by atoms with E-state index in [0.717, 1.165) is 57.0 Å². The number of hydrogen-bond donors (Lipinski definition) is 1. The summed E-state index contributed by atoms with van der Waals surface area (Å²) in [5.74, 6) is 1.54. The lowest BCUT2D eigenvalue weighted by Crippen LogP contribution is -2.15. The van der Waals surface area contributed by atoms with Crippen LogP contribution in [0.5, 0.6) is 0 Å². The molecule has 2 heterocycles. The zero-order valence-corrected chi connectivity index (χ0v) is 22.5. The molecule has 1 N–H and O–H groups in total. The van der Waals surface area contributed by atoms with Crippen molar-refractivity contribution in [2.24, 2.45) is 0 Å². The molecule has 0 aliphatic heterocycles. The van der Waals surface area contributed by atoms with Gasteiger partial charge in [0.05, 0.1) is 5.75 Å². The van der Waals surface area contributed by atoms with Crippen LogP contribution in [0, 0.1) is 6.92 Å². The number of aromatic nitrogens is 4. The van der Waals surface area contributed by atoms with Crippen LogP contribution in [0.1, 0.15) is 59.9 Å². The predicted molar refractivity (Wildman–Crippen MR) is 148 cm³/mol. The van der Waals surface area contributed by atoms with E-state index in [1.54, 1.807) is 0 Å². The fraction of sp³-hybridized carbons (Fsp3) is 0.333. The number of halogens is 1. The van der Waals surface area contributed by atoms with Crippen molar-refractivity contribution in [2.75, 3.05) is 11.1 Å². The average Bonchev–Trinajstić information content (AvgIpc) is 3.53. The summed E-state index contributed by atoms with van der Waals surface area (Å²) in [5, 5.41) is 14.1. The Kier molecular flexibility index (Phi) is 8.04. The molecule has 0 spiro atoms. The van der Waals surface area contributed by atoms with Gasteiger partial charge in [-0.1, -0.05) is 73.0 Å². The zero-order chi connectivity index (χ0) is 24.9. The van der Waals surface area contributed by atoms with Gasteiger partial charge in [0.1, 0.15) is 5.82 Å². The summed E-state index contributed by atoms with van der Waals surface area (Å²) in [6.07, 6.45) is 8.55. The van der Waals surface area contributed by atoms with Gasteiger partial charge in [-0.15, -0.1) is 21.5 Å². The van der Waals surface area contributed by atoms with Gasteiger partial charge in [0.15, 0.2) is 10.3 Å². The molecule has 1 aliphatic rings. The quantitative estimate of drug-likeness (QED) is 0.244. The smallest absolute Gasteiger partial charge is 0.236 e. The van der Waals surface area contributed by atoms with Crippen molar-refractivity contribution in [3.8, 4) is 5.69 Å². The number of thioether (sulfide) groups is 1. The lowest BCUT2D eigenvalue weighted by Gasteiger charge is -2.22. The van der Waals surface area contributed by atoms with Crippen LogP contribution in [-0.2, 0) is 11.2 Å². The molecule has 1 amide bonds. The minimum atomic E-state index is -0.110. The summed E-state index contributed by atoms with van der Waals surface area (Å²) in [7, 11) is 0. The predicted octanol–water partition coefficient (Wildman–Crippen LogP) is 7.05. The number of carbonyl (C=O) groups is 1. The zero-order valence-electron chi connectivity index (χ0n) is 20.1. The molecule has 186 valence electrons. The molecule has 0 atom stereocenters. The van der Waals surface area contributed by atoms with Crippen molar-refractivity contribution in [3.63, 3.8) is 0 Å². The third-order valence-electron chi connectivity index (χ3n) is 6.39. The molecule has 36 heavy (non-hydrogen) atoms. The highest BCUT2D eigenvalue weighted by atomic mass is 35.5. The van der Waals surface area contributed by atoms with Crippen molar-refractivity contribution in [2.45, 2.75) is 56.5 Å². The topological polar surface area (TPSA) is 72.7 Å². The lowest BCUT2D eigenvalue weighted by molar-refractivity contribution is -0.113. The summed E-state index contributed by atoms with van der Waals surface area (Å²) in [4.78, 5) is 18.2. The summed E-state index contributed by atoms with van der Waals surface area (Å²) < 4.78 is 2.13. The Morgan fingerprint density at radius 1 is 1.14 bits per heavy atom. The Morgan fingerprint density at radius 2 is 1.94 bits per heavy atom. The van der Waals surface area contributed by atoms with Crippen LogP contribution < -0.4 is 5.32 Å². The highest BCUT2D eigenvalue weighted by molar-refractivity contribution is 7.99. The number of rotatable bonds is 8. The number of benzene rings is 2. The van der Waals surface area contributed by atoms with Gasteiger partial charge >= 0.3 is 0 Å². The fourth-order valence-electron chi connectivity index (χ4n) is 4.50. The van der Waals surface area contributed by atoms with Gasteiger partial charge in [0.25, 0.3) is 0 Å². The molecule has 2 aromatic carbocycles. The summed E-state index contributed by atoms with van der Waals surface area (Å²) >= 11 is 9.14. The van der Waals surface area contributed by atoms with E-state index in [4.69, 9.17) is 11.6 Å². The Hall–Kier alpha value is -2.68. The molecule has 0 bridgehead atoms. The maximum Gasteiger partial charge on any atom is 0.236 e. The molecule has 1 saturated carbocycles. The van der Waals surface area contributed by atoms with Gasteiger partial charge in [0, 0.05) is 34.1 Å². The van der Waals surface area contributed by atoms with Crippen LogP contribution in [0.25, 0.3) is 5.69 Å². The first kappa shape index (κ1) is 25.0. The molecule has 0 radical (unpaired) electrons. The van der Waals surface area contributed by atoms with Crippen molar-refractivity contribution >= 4 is 45.7 Å². The molecular formula is C27H28ClN5OS2. The van der Waals surface area contributed by atoms with Crippen LogP contribution >= 0.6 is 34.7 Å². The summed E-state index contributed by atoms with van der Waals surface area (Å²) in [5.41, 5.74) is 3.22. The molecular weight excluding hydrogens is 510 g/mol. The van der Waals surface area contributed by atoms with Crippen molar-refractivity contribution in [1.82, 2.24) is 19.7 Å². The van der Waals surface area contributed by atoms with E-state index in [-0.39, 0.29) is 11.7 Å². The molecule has 9 heteroatoms. The largest absolute Gasteiger partial charge is 0.301 e. The van der Waals surface area contributed by atoms with Crippen LogP contribution in [0.3, 0.4) is 0 Å². The minimum Gasteiger partial charge on any atom is -0.301 e. The number of carbonyl (C=O) groups excluding carboxylic acids is 1. The number of nitrogens with one attached hydrogen (secondary N) is 1. The molecule has 5 rings (SSSR count). The first-order valence-electron chi connectivity index (χ1n) is 12.2. The maximum absolute atomic E-state index is 12.8. The summed E-state index contributed by atoms with van der Waals surface area (Å²) in [6.45, 7) is 1.99. The molecule has 0 saturated heterocycles. The number of amides is 1. The number of nitrogens with zero attached hydrogens (tertiary/aromatic N) is 4. The molecule has 2 aromatic heterocycles. The number of anilines is 1. The van der Waals surface area contributed by atoms with E-state index in [1.165, 1.54) is 42.4 Å². The standard InChI is InChI=1S/C27H28ClN5OS2/c1-18-12-13-19(15-23(18)28)14-22-16-29-26(36-22)30-24(34)17-35-27-32-31-25(20-8-4-2-5-9-20)33(27)21-10-6-3-7-11-21/h3,6-7,10-13,15-16,20H,2,4-5,8-9,14,17H2,1H3,(H,29,30,34). The van der Waals surface area contributed by atoms with Gasteiger partial charge in [-0.3, -0.25) is 9.36 Å². The maximum atomic E-state index is 12.8. The second-order valence-corrected chi connectivity index (χ2v) is 11.5. The number of thiazole rings is 1. The minimum absolute atomic E-state index is 0.110. The SMILES string of the molecule is Cc1ccc(Cc2cnc(NC(=O)CSc3nnc(C4CCCCC4)n3-c3ccccc3)s2)cc1Cl. The van der Waals surface area contributed by atoms with Gasteiger partial charge in [-0.05, 0) is 49.1 Å². The average molecular weight is 538 g/mol. The lowest BCUT2D eigenvalue weighted by atomic mass is 9.88. The van der Waals surface area contributed by atoms with E-state index >= 15 is 0 Å². The number of para-hydroxylation sites is 1. The third kappa shape index (κ3) is 5.99. The van der Waals surface area contributed by atoms with E-state index < -0.39 is 0 Å². The fourth-order valence-corrected chi connectivity index (χ4v) is 6.32. The Morgan fingerprint density at radius 3 is 2.72 bits per heavy atom. The van der Waals surface area contributed by atoms with Gasteiger partial charge in [-0.25, -0.2) is 4.98 Å². The monoisotopic (exact) mass is 537 g/mol. The van der Waals surface area contributed by atoms with Crippen LogP contribution in [0.2, 0.25) is 5.02 Å². The van der Waals surface area contributed by atoms with E-state index in [9.17, 15) is 4.79 Å². The van der Waals surface area contributed by atoms with Crippen molar-refractivity contribution in [3.05, 3.63) is 81.6 Å². The normalized spacial score (nSPS) is 14.2. The van der Waals surface area contributed by atoms with Crippen LogP contribution in [0.15, 0.2) is 59.9 Å². The van der Waals surface area contributed by atoms with Crippen molar-refractivity contribution in [1.29, 1.82) is 0 Å².